The van der Waals surface area contributed by atoms with Gasteiger partial charge in [-0.3, -0.25) is 0 Å². The first-order valence-corrected chi connectivity index (χ1v) is 6.38. The second-order valence-electron chi connectivity index (χ2n) is 4.73. The number of benzene rings is 2. The number of anilines is 1. The van der Waals surface area contributed by atoms with Crippen molar-refractivity contribution in [1.82, 2.24) is 0 Å². The minimum absolute atomic E-state index is 0.292. The van der Waals surface area contributed by atoms with Crippen molar-refractivity contribution in [3.63, 3.8) is 0 Å². The molecule has 3 nitrogen and oxygen atoms in total. The summed E-state index contributed by atoms with van der Waals surface area (Å²) in [6.07, 6.45) is 0. The van der Waals surface area contributed by atoms with Crippen LogP contribution in [0.25, 0.3) is 0 Å². The van der Waals surface area contributed by atoms with Gasteiger partial charge in [-0.1, -0.05) is 24.3 Å². The third-order valence-electron chi connectivity index (χ3n) is 3.58. The smallest absolute Gasteiger partial charge is 0.333 e. The number of esters is 1. The zero-order valence-electron chi connectivity index (χ0n) is 11.0. The Morgan fingerprint density at radius 2 is 1.90 bits per heavy atom. The standard InChI is InChI=1S/C16H14FNO2/c1-20-16(19)15-14-5-3-2-4-11(14)10-18(15)13-8-6-12(17)7-9-13/h2-9,15H,10H2,1H3. The van der Waals surface area contributed by atoms with Gasteiger partial charge in [-0.2, -0.15) is 0 Å². The van der Waals surface area contributed by atoms with Crippen LogP contribution in [0.4, 0.5) is 10.1 Å². The monoisotopic (exact) mass is 271 g/mol. The van der Waals surface area contributed by atoms with Gasteiger partial charge in [0.2, 0.25) is 0 Å². The second-order valence-corrected chi connectivity index (χ2v) is 4.73. The van der Waals surface area contributed by atoms with E-state index in [9.17, 15) is 9.18 Å². The number of carbonyl (C=O) groups excluding carboxylic acids is 1. The summed E-state index contributed by atoms with van der Waals surface area (Å²) in [5.41, 5.74) is 2.84. The molecule has 0 radical (unpaired) electrons. The number of halogens is 1. The Labute approximate surface area is 116 Å². The van der Waals surface area contributed by atoms with Crippen LogP contribution in [-0.2, 0) is 16.1 Å². The summed E-state index contributed by atoms with van der Waals surface area (Å²) in [5.74, 6) is -0.598. The van der Waals surface area contributed by atoms with Crippen molar-refractivity contribution < 1.29 is 13.9 Å². The zero-order valence-corrected chi connectivity index (χ0v) is 11.0. The van der Waals surface area contributed by atoms with E-state index in [0.29, 0.717) is 6.54 Å². The molecule has 0 N–H and O–H groups in total. The molecule has 1 heterocycles. The van der Waals surface area contributed by atoms with Crippen molar-refractivity contribution in [3.05, 3.63) is 65.5 Å². The van der Waals surface area contributed by atoms with Gasteiger partial charge in [-0.25, -0.2) is 9.18 Å². The van der Waals surface area contributed by atoms with Crippen LogP contribution in [0, 0.1) is 5.82 Å². The van der Waals surface area contributed by atoms with Crippen LogP contribution in [0.2, 0.25) is 0 Å². The first-order chi connectivity index (χ1) is 9.70. The highest BCUT2D eigenvalue weighted by atomic mass is 19.1. The van der Waals surface area contributed by atoms with E-state index in [2.05, 4.69) is 0 Å². The molecule has 1 aliphatic heterocycles. The lowest BCUT2D eigenvalue weighted by Gasteiger charge is -2.25. The van der Waals surface area contributed by atoms with E-state index >= 15 is 0 Å². The van der Waals surface area contributed by atoms with Crippen LogP contribution in [-0.4, -0.2) is 13.1 Å². The molecule has 20 heavy (non-hydrogen) atoms. The number of hydrogen-bond donors (Lipinski definition) is 0. The Bertz CT molecular complexity index is 639. The number of nitrogens with zero attached hydrogens (tertiary/aromatic N) is 1. The minimum Gasteiger partial charge on any atom is -0.467 e. The van der Waals surface area contributed by atoms with Crippen LogP contribution in [0.15, 0.2) is 48.5 Å². The summed E-state index contributed by atoms with van der Waals surface area (Å²) in [7, 11) is 1.38. The average molecular weight is 271 g/mol. The van der Waals surface area contributed by atoms with Crippen LogP contribution in [0.1, 0.15) is 17.2 Å². The summed E-state index contributed by atoms with van der Waals surface area (Å²) in [4.78, 5) is 14.0. The predicted octanol–water partition coefficient (Wildman–Crippen LogP) is 3.06. The lowest BCUT2D eigenvalue weighted by atomic mass is 10.1. The van der Waals surface area contributed by atoms with E-state index in [1.54, 1.807) is 12.1 Å². The molecule has 0 aliphatic carbocycles. The Morgan fingerprint density at radius 1 is 1.20 bits per heavy atom. The molecule has 1 aliphatic rings. The molecule has 0 fully saturated rings. The van der Waals surface area contributed by atoms with Crippen molar-refractivity contribution in [3.8, 4) is 0 Å². The normalized spacial score (nSPS) is 16.9. The van der Waals surface area contributed by atoms with E-state index in [0.717, 1.165) is 16.8 Å². The van der Waals surface area contributed by atoms with Gasteiger partial charge in [0.15, 0.2) is 6.04 Å². The maximum absolute atomic E-state index is 13.0. The molecule has 1 atom stereocenters. The maximum atomic E-state index is 13.0. The van der Waals surface area contributed by atoms with Gasteiger partial charge in [-0.15, -0.1) is 0 Å². The van der Waals surface area contributed by atoms with Crippen molar-refractivity contribution >= 4 is 11.7 Å². The van der Waals surface area contributed by atoms with Crippen LogP contribution in [0.5, 0.6) is 0 Å². The molecular formula is C16H14FNO2. The quantitative estimate of drug-likeness (QED) is 0.786. The van der Waals surface area contributed by atoms with Gasteiger partial charge in [0.25, 0.3) is 0 Å². The molecule has 1 unspecified atom stereocenters. The molecule has 2 aromatic carbocycles. The summed E-state index contributed by atoms with van der Waals surface area (Å²) in [6, 6.07) is 13.5. The third kappa shape index (κ3) is 2.03. The van der Waals surface area contributed by atoms with Crippen molar-refractivity contribution in [2.24, 2.45) is 0 Å². The van der Waals surface area contributed by atoms with E-state index in [-0.39, 0.29) is 11.8 Å². The highest BCUT2D eigenvalue weighted by Gasteiger charge is 2.36. The molecular weight excluding hydrogens is 257 g/mol. The highest BCUT2D eigenvalue weighted by Crippen LogP contribution is 2.38. The predicted molar refractivity (Wildman–Crippen MR) is 73.8 cm³/mol. The Hall–Kier alpha value is -2.36. The summed E-state index contributed by atoms with van der Waals surface area (Å²) < 4.78 is 18.0. The fourth-order valence-corrected chi connectivity index (χ4v) is 2.63. The third-order valence-corrected chi connectivity index (χ3v) is 3.58. The fraction of sp³-hybridized carbons (Fsp3) is 0.188. The molecule has 4 heteroatoms. The largest absolute Gasteiger partial charge is 0.467 e. The van der Waals surface area contributed by atoms with Gasteiger partial charge in [0, 0.05) is 12.2 Å². The van der Waals surface area contributed by atoms with Gasteiger partial charge < -0.3 is 9.64 Å². The highest BCUT2D eigenvalue weighted by molar-refractivity contribution is 5.84. The molecule has 0 saturated heterocycles. The number of rotatable bonds is 2. The molecule has 0 saturated carbocycles. The Kier molecular flexibility index (Phi) is 3.14. The number of methoxy groups -OCH3 is 1. The van der Waals surface area contributed by atoms with Gasteiger partial charge in [0.05, 0.1) is 7.11 Å². The average Bonchev–Trinajstić information content (AvgIpc) is 2.86. The molecule has 0 amide bonds. The van der Waals surface area contributed by atoms with Crippen molar-refractivity contribution in [2.45, 2.75) is 12.6 Å². The van der Waals surface area contributed by atoms with Crippen LogP contribution >= 0.6 is 0 Å². The van der Waals surface area contributed by atoms with Gasteiger partial charge in [-0.05, 0) is 35.4 Å². The van der Waals surface area contributed by atoms with Crippen molar-refractivity contribution in [1.29, 1.82) is 0 Å². The lowest BCUT2D eigenvalue weighted by Crippen LogP contribution is -2.29. The molecule has 102 valence electrons. The zero-order chi connectivity index (χ0) is 14.1. The second kappa shape index (κ2) is 4.96. The number of ether oxygens (including phenoxy) is 1. The van der Waals surface area contributed by atoms with Gasteiger partial charge in [0.1, 0.15) is 5.82 Å². The molecule has 0 bridgehead atoms. The summed E-state index contributed by atoms with van der Waals surface area (Å²) >= 11 is 0. The van der Waals surface area contributed by atoms with E-state index < -0.39 is 6.04 Å². The number of carbonyl (C=O) groups is 1. The maximum Gasteiger partial charge on any atom is 0.333 e. The molecule has 3 rings (SSSR count). The SMILES string of the molecule is COC(=O)C1c2ccccc2CN1c1ccc(F)cc1. The van der Waals surface area contributed by atoms with Crippen molar-refractivity contribution in [2.75, 3.05) is 12.0 Å². The topological polar surface area (TPSA) is 29.5 Å². The van der Waals surface area contributed by atoms with Gasteiger partial charge >= 0.3 is 5.97 Å². The fourth-order valence-electron chi connectivity index (χ4n) is 2.63. The molecule has 0 aromatic heterocycles. The van der Waals surface area contributed by atoms with E-state index in [1.807, 2.05) is 29.2 Å². The molecule has 0 spiro atoms. The first kappa shape index (κ1) is 12.7. The number of hydrogen-bond acceptors (Lipinski definition) is 3. The Morgan fingerprint density at radius 3 is 2.60 bits per heavy atom. The summed E-state index contributed by atoms with van der Waals surface area (Å²) in [6.45, 7) is 0.613. The summed E-state index contributed by atoms with van der Waals surface area (Å²) in [5, 5.41) is 0. The van der Waals surface area contributed by atoms with E-state index in [4.69, 9.17) is 4.74 Å². The molecule has 2 aromatic rings. The first-order valence-electron chi connectivity index (χ1n) is 6.38. The Balaban J connectivity index is 2.03. The minimum atomic E-state index is -0.471. The van der Waals surface area contributed by atoms with E-state index in [1.165, 1.54) is 19.2 Å². The number of fused-ring (bicyclic) bond motifs is 1. The lowest BCUT2D eigenvalue weighted by molar-refractivity contribution is -0.142. The van der Waals surface area contributed by atoms with Crippen LogP contribution in [0.3, 0.4) is 0 Å². The van der Waals surface area contributed by atoms with Crippen LogP contribution < -0.4 is 4.90 Å².